The summed E-state index contributed by atoms with van der Waals surface area (Å²) in [6.07, 6.45) is 4.38. The molecule has 0 aromatic heterocycles. The highest BCUT2D eigenvalue weighted by atomic mass is 32.2. The van der Waals surface area contributed by atoms with Crippen molar-refractivity contribution in [2.24, 2.45) is 0 Å². The Bertz CT molecular complexity index is 587. The van der Waals surface area contributed by atoms with Crippen LogP contribution in [0.5, 0.6) is 0 Å². The Balaban J connectivity index is 1.83. The molecule has 2 rings (SSSR count). The summed E-state index contributed by atoms with van der Waals surface area (Å²) >= 11 is 0. The summed E-state index contributed by atoms with van der Waals surface area (Å²) in [4.78, 5) is 14.0. The van der Waals surface area contributed by atoms with E-state index in [0.29, 0.717) is 5.92 Å². The van der Waals surface area contributed by atoms with Crippen LogP contribution in [0.4, 0.5) is 0 Å². The van der Waals surface area contributed by atoms with E-state index in [1.165, 1.54) is 5.56 Å². The molecule has 0 radical (unpaired) electrons. The number of carbonyl (C=O) groups is 1. The topological polar surface area (TPSA) is 66.5 Å². The lowest BCUT2D eigenvalue weighted by Gasteiger charge is -2.20. The molecule has 0 saturated carbocycles. The van der Waals surface area contributed by atoms with Crippen LogP contribution >= 0.6 is 0 Å². The normalized spacial score (nSPS) is 19.7. The summed E-state index contributed by atoms with van der Waals surface area (Å²) in [5, 5.41) is 0. The highest BCUT2D eigenvalue weighted by molar-refractivity contribution is 7.88. The first-order chi connectivity index (χ1) is 10.5. The first-order valence-electron chi connectivity index (χ1n) is 7.73. The molecule has 1 aromatic carbocycles. The molecule has 22 heavy (non-hydrogen) atoms. The highest BCUT2D eigenvalue weighted by Crippen LogP contribution is 2.27. The third kappa shape index (κ3) is 5.42. The van der Waals surface area contributed by atoms with Gasteiger partial charge in [-0.05, 0) is 30.7 Å². The standard InChI is InChI=1S/C16H24N2O3S/c1-22(20,21)17-11-9-16(19)18-12-5-8-15(10-13-18)14-6-3-2-4-7-14/h2-4,6-7,15,17H,5,8-13H2,1H3. The van der Waals surface area contributed by atoms with Gasteiger partial charge in [-0.25, -0.2) is 13.1 Å². The van der Waals surface area contributed by atoms with Crippen molar-refractivity contribution < 1.29 is 13.2 Å². The first kappa shape index (κ1) is 17.0. The molecule has 1 saturated heterocycles. The molecule has 122 valence electrons. The van der Waals surface area contributed by atoms with Crippen LogP contribution in [0.25, 0.3) is 0 Å². The van der Waals surface area contributed by atoms with Crippen molar-refractivity contribution in [3.05, 3.63) is 35.9 Å². The molecule has 1 N–H and O–H groups in total. The van der Waals surface area contributed by atoms with Crippen molar-refractivity contribution in [3.63, 3.8) is 0 Å². The molecule has 6 heteroatoms. The van der Waals surface area contributed by atoms with E-state index in [0.717, 1.165) is 38.6 Å². The second-order valence-electron chi connectivity index (χ2n) is 5.84. The number of sulfonamides is 1. The average molecular weight is 324 g/mol. The van der Waals surface area contributed by atoms with Crippen LogP contribution in [0.2, 0.25) is 0 Å². The number of hydrogen-bond acceptors (Lipinski definition) is 3. The quantitative estimate of drug-likeness (QED) is 0.897. The van der Waals surface area contributed by atoms with E-state index >= 15 is 0 Å². The lowest BCUT2D eigenvalue weighted by atomic mass is 9.92. The molecule has 1 fully saturated rings. The number of benzene rings is 1. The Labute approximate surface area is 132 Å². The second kappa shape index (κ2) is 7.74. The van der Waals surface area contributed by atoms with Crippen LogP contribution in [0, 0.1) is 0 Å². The number of rotatable bonds is 5. The largest absolute Gasteiger partial charge is 0.343 e. The summed E-state index contributed by atoms with van der Waals surface area (Å²) in [6.45, 7) is 1.69. The maximum Gasteiger partial charge on any atom is 0.223 e. The molecule has 1 aromatic rings. The zero-order valence-electron chi connectivity index (χ0n) is 13.0. The minimum absolute atomic E-state index is 0.0323. The number of nitrogens with zero attached hydrogens (tertiary/aromatic N) is 1. The smallest absolute Gasteiger partial charge is 0.223 e. The Morgan fingerprint density at radius 1 is 1.23 bits per heavy atom. The van der Waals surface area contributed by atoms with E-state index in [9.17, 15) is 13.2 Å². The van der Waals surface area contributed by atoms with Gasteiger partial charge in [0.15, 0.2) is 0 Å². The van der Waals surface area contributed by atoms with Crippen molar-refractivity contribution in [1.82, 2.24) is 9.62 Å². The van der Waals surface area contributed by atoms with E-state index in [-0.39, 0.29) is 18.9 Å². The monoisotopic (exact) mass is 324 g/mol. The Hall–Kier alpha value is -1.40. The fourth-order valence-corrected chi connectivity index (χ4v) is 3.38. The zero-order valence-corrected chi connectivity index (χ0v) is 13.8. The molecular formula is C16H24N2O3S. The third-order valence-electron chi connectivity index (χ3n) is 4.05. The van der Waals surface area contributed by atoms with Gasteiger partial charge >= 0.3 is 0 Å². The van der Waals surface area contributed by atoms with Gasteiger partial charge in [-0.3, -0.25) is 4.79 Å². The van der Waals surface area contributed by atoms with Gasteiger partial charge in [0.25, 0.3) is 0 Å². The SMILES string of the molecule is CS(=O)(=O)NCCC(=O)N1CCCC(c2ccccc2)CC1. The second-order valence-corrected chi connectivity index (χ2v) is 7.67. The minimum atomic E-state index is -3.22. The number of likely N-dealkylation sites (tertiary alicyclic amines) is 1. The molecule has 1 unspecified atom stereocenters. The first-order valence-corrected chi connectivity index (χ1v) is 9.62. The van der Waals surface area contributed by atoms with Gasteiger partial charge in [-0.2, -0.15) is 0 Å². The fourth-order valence-electron chi connectivity index (χ4n) is 2.91. The molecule has 1 aliphatic rings. The Kier molecular flexibility index (Phi) is 5.97. The summed E-state index contributed by atoms with van der Waals surface area (Å²) in [6, 6.07) is 10.4. The van der Waals surface area contributed by atoms with Crippen molar-refractivity contribution in [2.45, 2.75) is 31.6 Å². The van der Waals surface area contributed by atoms with Crippen molar-refractivity contribution in [2.75, 3.05) is 25.9 Å². The molecule has 0 spiro atoms. The zero-order chi connectivity index (χ0) is 16.0. The number of amides is 1. The summed E-state index contributed by atoms with van der Waals surface area (Å²) in [5.74, 6) is 0.540. The molecule has 1 aliphatic heterocycles. The Morgan fingerprint density at radius 3 is 2.64 bits per heavy atom. The lowest BCUT2D eigenvalue weighted by Crippen LogP contribution is -2.35. The van der Waals surface area contributed by atoms with Crippen LogP contribution in [0.15, 0.2) is 30.3 Å². The van der Waals surface area contributed by atoms with Gasteiger partial charge in [0, 0.05) is 26.1 Å². The Morgan fingerprint density at radius 2 is 1.95 bits per heavy atom. The summed E-state index contributed by atoms with van der Waals surface area (Å²) < 4.78 is 24.4. The molecule has 1 heterocycles. The summed E-state index contributed by atoms with van der Waals surface area (Å²) in [7, 11) is -3.22. The lowest BCUT2D eigenvalue weighted by molar-refractivity contribution is -0.130. The molecule has 0 aliphatic carbocycles. The minimum Gasteiger partial charge on any atom is -0.343 e. The number of carbonyl (C=O) groups excluding carboxylic acids is 1. The van der Waals surface area contributed by atoms with Gasteiger partial charge in [0.2, 0.25) is 15.9 Å². The molecule has 1 atom stereocenters. The van der Waals surface area contributed by atoms with Gasteiger partial charge in [0.05, 0.1) is 6.26 Å². The van der Waals surface area contributed by atoms with Crippen molar-refractivity contribution in [3.8, 4) is 0 Å². The number of nitrogens with one attached hydrogen (secondary N) is 1. The molecular weight excluding hydrogens is 300 g/mol. The molecule has 5 nitrogen and oxygen atoms in total. The van der Waals surface area contributed by atoms with Crippen molar-refractivity contribution >= 4 is 15.9 Å². The molecule has 0 bridgehead atoms. The van der Waals surface area contributed by atoms with E-state index in [1.54, 1.807) is 0 Å². The maximum atomic E-state index is 12.2. The molecule has 1 amide bonds. The third-order valence-corrected chi connectivity index (χ3v) is 4.78. The van der Waals surface area contributed by atoms with Gasteiger partial charge in [0.1, 0.15) is 0 Å². The van der Waals surface area contributed by atoms with Crippen LogP contribution in [0.1, 0.15) is 37.2 Å². The summed E-state index contributed by atoms with van der Waals surface area (Å²) in [5.41, 5.74) is 1.34. The maximum absolute atomic E-state index is 12.2. The van der Waals surface area contributed by atoms with Gasteiger partial charge in [-0.15, -0.1) is 0 Å². The van der Waals surface area contributed by atoms with Gasteiger partial charge < -0.3 is 4.90 Å². The van der Waals surface area contributed by atoms with E-state index in [1.807, 2.05) is 11.0 Å². The van der Waals surface area contributed by atoms with E-state index in [2.05, 4.69) is 29.0 Å². The predicted molar refractivity (Wildman–Crippen MR) is 87.1 cm³/mol. The van der Waals surface area contributed by atoms with E-state index < -0.39 is 10.0 Å². The van der Waals surface area contributed by atoms with Crippen molar-refractivity contribution in [1.29, 1.82) is 0 Å². The van der Waals surface area contributed by atoms with Crippen LogP contribution < -0.4 is 4.72 Å². The number of hydrogen-bond donors (Lipinski definition) is 1. The predicted octanol–water partition coefficient (Wildman–Crippen LogP) is 1.72. The average Bonchev–Trinajstić information content (AvgIpc) is 2.72. The fraction of sp³-hybridized carbons (Fsp3) is 0.562. The highest BCUT2D eigenvalue weighted by Gasteiger charge is 2.21. The van der Waals surface area contributed by atoms with Crippen LogP contribution in [0.3, 0.4) is 0 Å². The van der Waals surface area contributed by atoms with Crippen LogP contribution in [-0.2, 0) is 14.8 Å². The van der Waals surface area contributed by atoms with E-state index in [4.69, 9.17) is 0 Å². The van der Waals surface area contributed by atoms with Crippen LogP contribution in [-0.4, -0.2) is 45.1 Å². The van der Waals surface area contributed by atoms with Gasteiger partial charge in [-0.1, -0.05) is 30.3 Å².